The summed E-state index contributed by atoms with van der Waals surface area (Å²) in [6.07, 6.45) is 24.5. The van der Waals surface area contributed by atoms with Gasteiger partial charge in [-0.2, -0.15) is 0 Å². The van der Waals surface area contributed by atoms with Crippen LogP contribution in [0.5, 0.6) is 0 Å². The maximum Gasteiger partial charge on any atom is -0.0168 e. The zero-order valence-electron chi connectivity index (χ0n) is 12.7. The fourth-order valence-electron chi connectivity index (χ4n) is 3.86. The fourth-order valence-corrected chi connectivity index (χ4v) is 3.86. The first kappa shape index (κ1) is 14.9. The molecule has 2 bridgehead atoms. The van der Waals surface area contributed by atoms with Crippen molar-refractivity contribution in [2.75, 3.05) is 0 Å². The molecule has 1 saturated carbocycles. The van der Waals surface area contributed by atoms with Gasteiger partial charge in [-0.3, -0.25) is 0 Å². The lowest BCUT2D eigenvalue weighted by Gasteiger charge is -2.30. The first-order valence-electron chi connectivity index (χ1n) is 8.71. The van der Waals surface area contributed by atoms with Crippen molar-refractivity contribution in [3.8, 4) is 0 Å². The second-order valence-electron chi connectivity index (χ2n) is 6.70. The Kier molecular flexibility index (Phi) is 6.74. The van der Waals surface area contributed by atoms with Gasteiger partial charge in [0.15, 0.2) is 0 Å². The number of allylic oxidation sites excluding steroid dienone is 3. The molecule has 3 aliphatic carbocycles. The molecule has 3 aliphatic rings. The standard InChI is InChI=1S/C19H32/c1-2-18-16-17-12-10-8-6-4-3-5-7-9-11-13-19(18)15-14-17/h2,14-15,17-19H,1,3-13,16H2. The zero-order valence-corrected chi connectivity index (χ0v) is 12.7. The normalized spacial score (nSPS) is 34.4. The van der Waals surface area contributed by atoms with Gasteiger partial charge in [-0.25, -0.2) is 0 Å². The molecule has 3 atom stereocenters. The SMILES string of the molecule is C=CC1CC2C=CC1CCCCCCCCCCC2. The minimum absolute atomic E-state index is 0.750. The predicted molar refractivity (Wildman–Crippen MR) is 85.2 cm³/mol. The third kappa shape index (κ3) is 5.16. The summed E-state index contributed by atoms with van der Waals surface area (Å²) < 4.78 is 0. The van der Waals surface area contributed by atoms with E-state index in [1.54, 1.807) is 0 Å². The quantitative estimate of drug-likeness (QED) is 0.486. The van der Waals surface area contributed by atoms with Crippen molar-refractivity contribution in [3.63, 3.8) is 0 Å². The highest BCUT2D eigenvalue weighted by Gasteiger charge is 2.23. The van der Waals surface area contributed by atoms with Crippen LogP contribution < -0.4 is 0 Å². The third-order valence-corrected chi connectivity index (χ3v) is 5.17. The van der Waals surface area contributed by atoms with Crippen molar-refractivity contribution in [1.29, 1.82) is 0 Å². The first-order chi connectivity index (χ1) is 9.40. The highest BCUT2D eigenvalue weighted by atomic mass is 14.3. The molecule has 108 valence electrons. The molecular formula is C19H32. The minimum atomic E-state index is 0.750. The monoisotopic (exact) mass is 260 g/mol. The number of fused-ring (bicyclic) bond motifs is 11. The van der Waals surface area contributed by atoms with Gasteiger partial charge < -0.3 is 0 Å². The van der Waals surface area contributed by atoms with E-state index in [-0.39, 0.29) is 0 Å². The van der Waals surface area contributed by atoms with Crippen molar-refractivity contribution in [3.05, 3.63) is 24.8 Å². The third-order valence-electron chi connectivity index (χ3n) is 5.17. The Labute approximate surface area is 120 Å². The van der Waals surface area contributed by atoms with Gasteiger partial charge in [0.05, 0.1) is 0 Å². The smallest absolute Gasteiger partial charge is 0.0168 e. The van der Waals surface area contributed by atoms with Gasteiger partial charge in [-0.1, -0.05) is 76.0 Å². The van der Waals surface area contributed by atoms with E-state index in [0.29, 0.717) is 0 Å². The van der Waals surface area contributed by atoms with E-state index in [9.17, 15) is 0 Å². The Morgan fingerprint density at radius 2 is 1.32 bits per heavy atom. The van der Waals surface area contributed by atoms with Crippen molar-refractivity contribution >= 4 is 0 Å². The summed E-state index contributed by atoms with van der Waals surface area (Å²) in [6.45, 7) is 4.09. The lowest BCUT2D eigenvalue weighted by Crippen LogP contribution is -2.19. The van der Waals surface area contributed by atoms with Gasteiger partial charge in [-0.05, 0) is 37.0 Å². The Balaban J connectivity index is 1.89. The molecule has 0 aromatic carbocycles. The van der Waals surface area contributed by atoms with Gasteiger partial charge in [0.1, 0.15) is 0 Å². The van der Waals surface area contributed by atoms with Crippen LogP contribution in [-0.4, -0.2) is 0 Å². The first-order valence-corrected chi connectivity index (χ1v) is 8.71. The van der Waals surface area contributed by atoms with Crippen LogP contribution in [0.3, 0.4) is 0 Å². The van der Waals surface area contributed by atoms with E-state index in [4.69, 9.17) is 0 Å². The highest BCUT2D eigenvalue weighted by Crippen LogP contribution is 2.35. The molecule has 19 heavy (non-hydrogen) atoms. The molecule has 0 aliphatic heterocycles. The van der Waals surface area contributed by atoms with Gasteiger partial charge in [0.25, 0.3) is 0 Å². The fraction of sp³-hybridized carbons (Fsp3) is 0.789. The summed E-state index contributed by atoms with van der Waals surface area (Å²) in [5.74, 6) is 2.38. The van der Waals surface area contributed by atoms with Gasteiger partial charge in [-0.15, -0.1) is 6.58 Å². The molecule has 0 N–H and O–H groups in total. The average Bonchev–Trinajstić information content (AvgIpc) is 2.46. The van der Waals surface area contributed by atoms with Gasteiger partial charge >= 0.3 is 0 Å². The second-order valence-corrected chi connectivity index (χ2v) is 6.70. The number of rotatable bonds is 1. The maximum absolute atomic E-state index is 4.09. The van der Waals surface area contributed by atoms with Crippen LogP contribution in [0.15, 0.2) is 24.8 Å². The molecule has 0 heterocycles. The molecule has 3 rings (SSSR count). The molecule has 0 nitrogen and oxygen atoms in total. The largest absolute Gasteiger partial charge is 0.103 e. The Morgan fingerprint density at radius 1 is 0.737 bits per heavy atom. The Hall–Kier alpha value is -0.520. The summed E-state index contributed by atoms with van der Waals surface area (Å²) in [4.78, 5) is 0. The zero-order chi connectivity index (χ0) is 13.3. The summed E-state index contributed by atoms with van der Waals surface area (Å²) in [7, 11) is 0. The average molecular weight is 260 g/mol. The van der Waals surface area contributed by atoms with Crippen molar-refractivity contribution in [2.45, 2.75) is 77.0 Å². The summed E-state index contributed by atoms with van der Waals surface area (Å²) >= 11 is 0. The van der Waals surface area contributed by atoms with Crippen LogP contribution in [0.2, 0.25) is 0 Å². The van der Waals surface area contributed by atoms with Crippen molar-refractivity contribution in [1.82, 2.24) is 0 Å². The van der Waals surface area contributed by atoms with Gasteiger partial charge in [0.2, 0.25) is 0 Å². The number of hydrogen-bond acceptors (Lipinski definition) is 0. The highest BCUT2D eigenvalue weighted by molar-refractivity contribution is 5.05. The summed E-state index contributed by atoms with van der Waals surface area (Å²) in [6, 6.07) is 0. The van der Waals surface area contributed by atoms with Crippen LogP contribution in [0.1, 0.15) is 77.0 Å². The molecule has 0 heteroatoms. The number of hydrogen-bond donors (Lipinski definition) is 0. The lowest BCUT2D eigenvalue weighted by molar-refractivity contribution is 0.330. The second kappa shape index (κ2) is 8.61. The minimum Gasteiger partial charge on any atom is -0.103 e. The van der Waals surface area contributed by atoms with Crippen molar-refractivity contribution < 1.29 is 0 Å². The van der Waals surface area contributed by atoms with Crippen molar-refractivity contribution in [2.24, 2.45) is 17.8 Å². The Morgan fingerprint density at radius 3 is 1.95 bits per heavy atom. The van der Waals surface area contributed by atoms with E-state index >= 15 is 0 Å². The molecule has 0 spiro atoms. The van der Waals surface area contributed by atoms with E-state index in [1.165, 1.54) is 77.0 Å². The maximum atomic E-state index is 4.09. The van der Waals surface area contributed by atoms with E-state index < -0.39 is 0 Å². The Bertz CT molecular complexity index is 276. The molecular weight excluding hydrogens is 228 g/mol. The lowest BCUT2D eigenvalue weighted by atomic mass is 9.75. The van der Waals surface area contributed by atoms with Crippen LogP contribution in [-0.2, 0) is 0 Å². The molecule has 0 aromatic heterocycles. The molecule has 1 fully saturated rings. The molecule has 0 radical (unpaired) electrons. The summed E-state index contributed by atoms with van der Waals surface area (Å²) in [5, 5.41) is 0. The molecule has 3 unspecified atom stereocenters. The van der Waals surface area contributed by atoms with E-state index in [1.807, 2.05) is 0 Å². The van der Waals surface area contributed by atoms with E-state index in [2.05, 4.69) is 24.8 Å². The van der Waals surface area contributed by atoms with Crippen LogP contribution in [0, 0.1) is 17.8 Å². The van der Waals surface area contributed by atoms with Crippen LogP contribution >= 0.6 is 0 Å². The van der Waals surface area contributed by atoms with Gasteiger partial charge in [0, 0.05) is 0 Å². The van der Waals surface area contributed by atoms with Crippen LogP contribution in [0.25, 0.3) is 0 Å². The molecule has 0 amide bonds. The predicted octanol–water partition coefficient (Wildman–Crippen LogP) is 6.29. The van der Waals surface area contributed by atoms with Crippen LogP contribution in [0.4, 0.5) is 0 Å². The topological polar surface area (TPSA) is 0 Å². The van der Waals surface area contributed by atoms with E-state index in [0.717, 1.165) is 17.8 Å². The summed E-state index contributed by atoms with van der Waals surface area (Å²) in [5.41, 5.74) is 0. The molecule has 0 saturated heterocycles. The molecule has 0 aromatic rings.